The summed E-state index contributed by atoms with van der Waals surface area (Å²) in [6.45, 7) is 4.35. The first-order chi connectivity index (χ1) is 9.13. The molecule has 0 spiro atoms. The maximum absolute atomic E-state index is 9.22. The standard InChI is InChI=1S/C14H22ClNO3/c1-11(17)5-7-19-14-4-3-13(15)9-12(14)10-16-6-8-18-2/h3-4,9,11,16-17H,5-8,10H2,1-2H3. The molecule has 0 aliphatic rings. The maximum Gasteiger partial charge on any atom is 0.123 e. The van der Waals surface area contributed by atoms with Gasteiger partial charge in [-0.05, 0) is 25.1 Å². The second-order valence-electron chi connectivity index (χ2n) is 4.41. The van der Waals surface area contributed by atoms with Crippen LogP contribution in [-0.2, 0) is 11.3 Å². The Morgan fingerprint density at radius 2 is 2.16 bits per heavy atom. The zero-order valence-electron chi connectivity index (χ0n) is 11.5. The molecule has 2 N–H and O–H groups in total. The summed E-state index contributed by atoms with van der Waals surface area (Å²) in [7, 11) is 1.67. The third-order valence-corrected chi connectivity index (χ3v) is 2.85. The van der Waals surface area contributed by atoms with Crippen LogP contribution in [0.2, 0.25) is 5.02 Å². The van der Waals surface area contributed by atoms with Gasteiger partial charge >= 0.3 is 0 Å². The van der Waals surface area contributed by atoms with Crippen LogP contribution in [-0.4, -0.2) is 38.1 Å². The topological polar surface area (TPSA) is 50.7 Å². The van der Waals surface area contributed by atoms with Gasteiger partial charge in [-0.15, -0.1) is 0 Å². The van der Waals surface area contributed by atoms with Crippen molar-refractivity contribution in [3.8, 4) is 5.75 Å². The summed E-state index contributed by atoms with van der Waals surface area (Å²) < 4.78 is 10.6. The van der Waals surface area contributed by atoms with Crippen LogP contribution < -0.4 is 10.1 Å². The van der Waals surface area contributed by atoms with E-state index >= 15 is 0 Å². The number of aliphatic hydroxyl groups is 1. The first kappa shape index (κ1) is 16.2. The Hall–Kier alpha value is -0.810. The number of rotatable bonds is 9. The van der Waals surface area contributed by atoms with Crippen molar-refractivity contribution in [1.82, 2.24) is 5.32 Å². The van der Waals surface area contributed by atoms with Crippen LogP contribution in [0.25, 0.3) is 0 Å². The maximum atomic E-state index is 9.22. The first-order valence-corrected chi connectivity index (χ1v) is 6.80. The summed E-state index contributed by atoms with van der Waals surface area (Å²) in [5, 5.41) is 13.2. The molecule has 1 rings (SSSR count). The normalized spacial score (nSPS) is 12.4. The summed E-state index contributed by atoms with van der Waals surface area (Å²) in [5.41, 5.74) is 1.01. The molecule has 1 atom stereocenters. The van der Waals surface area contributed by atoms with Crippen molar-refractivity contribution in [2.24, 2.45) is 0 Å². The molecule has 0 aliphatic carbocycles. The van der Waals surface area contributed by atoms with Crippen molar-refractivity contribution >= 4 is 11.6 Å². The van der Waals surface area contributed by atoms with Gasteiger partial charge in [0.05, 0.1) is 19.3 Å². The molecular formula is C14H22ClNO3. The van der Waals surface area contributed by atoms with E-state index in [1.165, 1.54) is 0 Å². The molecule has 1 aromatic rings. The summed E-state index contributed by atoms with van der Waals surface area (Å²) in [6.07, 6.45) is 0.259. The number of benzene rings is 1. The minimum absolute atomic E-state index is 0.351. The summed E-state index contributed by atoms with van der Waals surface area (Å²) in [5.74, 6) is 0.801. The fraction of sp³-hybridized carbons (Fsp3) is 0.571. The number of hydrogen-bond donors (Lipinski definition) is 2. The molecule has 0 fully saturated rings. The highest BCUT2D eigenvalue weighted by Gasteiger charge is 2.05. The summed E-state index contributed by atoms with van der Waals surface area (Å²) in [6, 6.07) is 5.55. The van der Waals surface area contributed by atoms with Crippen molar-refractivity contribution in [1.29, 1.82) is 0 Å². The van der Waals surface area contributed by atoms with Gasteiger partial charge in [0.25, 0.3) is 0 Å². The Bertz CT molecular complexity index is 372. The lowest BCUT2D eigenvalue weighted by atomic mass is 10.2. The highest BCUT2D eigenvalue weighted by Crippen LogP contribution is 2.23. The fourth-order valence-electron chi connectivity index (χ4n) is 1.56. The summed E-state index contributed by atoms with van der Waals surface area (Å²) >= 11 is 5.99. The molecule has 0 saturated heterocycles. The van der Waals surface area contributed by atoms with E-state index < -0.39 is 0 Å². The molecule has 1 aromatic carbocycles. The molecule has 0 saturated carbocycles. The molecule has 0 radical (unpaired) electrons. The molecule has 4 nitrogen and oxygen atoms in total. The zero-order chi connectivity index (χ0) is 14.1. The van der Waals surface area contributed by atoms with Gasteiger partial charge in [-0.1, -0.05) is 11.6 Å². The lowest BCUT2D eigenvalue weighted by Gasteiger charge is -2.13. The number of halogens is 1. The number of aliphatic hydroxyl groups excluding tert-OH is 1. The van der Waals surface area contributed by atoms with Crippen LogP contribution in [0.5, 0.6) is 5.75 Å². The van der Waals surface area contributed by atoms with Gasteiger partial charge in [-0.2, -0.15) is 0 Å². The van der Waals surface area contributed by atoms with Crippen LogP contribution in [0.15, 0.2) is 18.2 Å². The molecule has 5 heteroatoms. The van der Waals surface area contributed by atoms with E-state index in [4.69, 9.17) is 21.1 Å². The van der Waals surface area contributed by atoms with E-state index in [1.807, 2.05) is 12.1 Å². The zero-order valence-corrected chi connectivity index (χ0v) is 12.2. The predicted molar refractivity (Wildman–Crippen MR) is 76.8 cm³/mol. The van der Waals surface area contributed by atoms with E-state index in [1.54, 1.807) is 20.1 Å². The highest BCUT2D eigenvalue weighted by molar-refractivity contribution is 6.30. The van der Waals surface area contributed by atoms with Crippen LogP contribution in [0, 0.1) is 0 Å². The van der Waals surface area contributed by atoms with E-state index in [0.29, 0.717) is 31.2 Å². The van der Waals surface area contributed by atoms with Crippen molar-refractivity contribution < 1.29 is 14.6 Å². The summed E-state index contributed by atoms with van der Waals surface area (Å²) in [4.78, 5) is 0. The van der Waals surface area contributed by atoms with Crippen molar-refractivity contribution in [2.75, 3.05) is 26.9 Å². The van der Waals surface area contributed by atoms with Crippen molar-refractivity contribution in [3.63, 3.8) is 0 Å². The second-order valence-corrected chi connectivity index (χ2v) is 4.84. The van der Waals surface area contributed by atoms with E-state index in [0.717, 1.165) is 17.9 Å². The third-order valence-electron chi connectivity index (χ3n) is 2.61. The molecule has 1 unspecified atom stereocenters. The lowest BCUT2D eigenvalue weighted by Crippen LogP contribution is -2.19. The minimum atomic E-state index is -0.351. The average molecular weight is 288 g/mol. The Morgan fingerprint density at radius 3 is 2.84 bits per heavy atom. The second kappa shape index (κ2) is 9.15. The van der Waals surface area contributed by atoms with Gasteiger partial charge in [-0.25, -0.2) is 0 Å². The van der Waals surface area contributed by atoms with Crippen molar-refractivity contribution in [2.45, 2.75) is 26.0 Å². The molecule has 0 amide bonds. The molecule has 0 heterocycles. The van der Waals surface area contributed by atoms with Crippen molar-refractivity contribution in [3.05, 3.63) is 28.8 Å². The van der Waals surface area contributed by atoms with Crippen LogP contribution in [0.4, 0.5) is 0 Å². The molecule has 19 heavy (non-hydrogen) atoms. The van der Waals surface area contributed by atoms with Gasteiger partial charge < -0.3 is 19.9 Å². The van der Waals surface area contributed by atoms with Crippen LogP contribution in [0.1, 0.15) is 18.9 Å². The lowest BCUT2D eigenvalue weighted by molar-refractivity contribution is 0.155. The smallest absolute Gasteiger partial charge is 0.123 e. The Kier molecular flexibility index (Phi) is 7.82. The Morgan fingerprint density at radius 1 is 1.37 bits per heavy atom. The third kappa shape index (κ3) is 6.78. The quantitative estimate of drug-likeness (QED) is 0.684. The van der Waals surface area contributed by atoms with E-state index in [9.17, 15) is 5.11 Å². The van der Waals surface area contributed by atoms with Crippen LogP contribution in [0.3, 0.4) is 0 Å². The predicted octanol–water partition coefficient (Wildman–Crippen LogP) is 2.23. The molecule has 0 bridgehead atoms. The fourth-order valence-corrected chi connectivity index (χ4v) is 1.76. The van der Waals surface area contributed by atoms with Gasteiger partial charge in [0.2, 0.25) is 0 Å². The molecule has 0 aliphatic heterocycles. The minimum Gasteiger partial charge on any atom is -0.493 e. The first-order valence-electron chi connectivity index (χ1n) is 6.42. The monoisotopic (exact) mass is 287 g/mol. The average Bonchev–Trinajstić information content (AvgIpc) is 2.36. The van der Waals surface area contributed by atoms with Gasteiger partial charge in [0, 0.05) is 37.2 Å². The number of ether oxygens (including phenoxy) is 2. The molecule has 108 valence electrons. The van der Waals surface area contributed by atoms with E-state index in [-0.39, 0.29) is 6.10 Å². The molecule has 0 aromatic heterocycles. The largest absolute Gasteiger partial charge is 0.493 e. The Balaban J connectivity index is 2.53. The van der Waals surface area contributed by atoms with E-state index in [2.05, 4.69) is 5.32 Å². The van der Waals surface area contributed by atoms with Crippen LogP contribution >= 0.6 is 11.6 Å². The highest BCUT2D eigenvalue weighted by atomic mass is 35.5. The Labute approximate surface area is 119 Å². The van der Waals surface area contributed by atoms with Gasteiger partial charge in [0.15, 0.2) is 0 Å². The van der Waals surface area contributed by atoms with Gasteiger partial charge in [0.1, 0.15) is 5.75 Å². The number of nitrogens with one attached hydrogen (secondary N) is 1. The number of hydrogen-bond acceptors (Lipinski definition) is 4. The van der Waals surface area contributed by atoms with Gasteiger partial charge in [-0.3, -0.25) is 0 Å². The SMILES string of the molecule is COCCNCc1cc(Cl)ccc1OCCC(C)O. The molecular weight excluding hydrogens is 266 g/mol. The number of methoxy groups -OCH3 is 1.